The van der Waals surface area contributed by atoms with Gasteiger partial charge in [0.1, 0.15) is 5.75 Å². The summed E-state index contributed by atoms with van der Waals surface area (Å²) in [6.45, 7) is 5.47. The summed E-state index contributed by atoms with van der Waals surface area (Å²) in [6.07, 6.45) is 1.17. The number of benzene rings is 3. The Bertz CT molecular complexity index is 1220. The van der Waals surface area contributed by atoms with E-state index in [4.69, 9.17) is 14.5 Å². The fourth-order valence-corrected chi connectivity index (χ4v) is 4.37. The molecule has 0 radical (unpaired) electrons. The van der Waals surface area contributed by atoms with Gasteiger partial charge in [0.25, 0.3) is 0 Å². The second-order valence-corrected chi connectivity index (χ2v) is 10.6. The first-order chi connectivity index (χ1) is 16.7. The van der Waals surface area contributed by atoms with E-state index in [9.17, 15) is 4.57 Å². The number of nitrogens with one attached hydrogen (secondary N) is 1. The van der Waals surface area contributed by atoms with Crippen LogP contribution < -0.4 is 10.1 Å². The molecule has 3 aromatic carbocycles. The molecule has 6 heteroatoms. The molecular weight excluding hydrogens is 457 g/mol. The van der Waals surface area contributed by atoms with Crippen LogP contribution >= 0.6 is 7.60 Å². The average molecular weight is 492 g/mol. The predicted octanol–water partition coefficient (Wildman–Crippen LogP) is 5.35. The maximum Gasteiger partial charge on any atom is 0.325 e. The summed E-state index contributed by atoms with van der Waals surface area (Å²) in [7, 11) is -2.24. The molecule has 0 bridgehead atoms. The Morgan fingerprint density at radius 3 is 2.40 bits per heavy atom. The van der Waals surface area contributed by atoms with Gasteiger partial charge >= 0.3 is 7.60 Å². The standard InChI is InChI=1S/C29H34NO4P/c1-22-8-9-26(18-23(22)2)19-28(27-6-4-7-29(20-27)34-3)15-14-24-10-12-25(13-11-24)21-30-16-5-17-35(31,32)33/h4,6-13,18,20,28,30H,5,16-17,19,21H2,1-3H3,(H2,31,32,33). The van der Waals surface area contributed by atoms with Gasteiger partial charge in [-0.05, 0) is 85.3 Å². The van der Waals surface area contributed by atoms with E-state index in [1.54, 1.807) is 7.11 Å². The smallest absolute Gasteiger partial charge is 0.325 e. The molecule has 3 aromatic rings. The van der Waals surface area contributed by atoms with Crippen molar-refractivity contribution >= 4 is 7.60 Å². The lowest BCUT2D eigenvalue weighted by Gasteiger charge is -2.14. The van der Waals surface area contributed by atoms with Crippen LogP contribution in [0.25, 0.3) is 0 Å². The molecule has 35 heavy (non-hydrogen) atoms. The zero-order chi connectivity index (χ0) is 25.3. The van der Waals surface area contributed by atoms with Gasteiger partial charge in [-0.15, -0.1) is 0 Å². The molecule has 0 saturated heterocycles. The average Bonchev–Trinajstić information content (AvgIpc) is 2.84. The van der Waals surface area contributed by atoms with Crippen LogP contribution in [-0.2, 0) is 17.5 Å². The summed E-state index contributed by atoms with van der Waals surface area (Å²) >= 11 is 0. The van der Waals surface area contributed by atoms with E-state index in [0.29, 0.717) is 19.5 Å². The van der Waals surface area contributed by atoms with Crippen molar-refractivity contribution in [1.29, 1.82) is 0 Å². The Labute approximate surface area is 208 Å². The van der Waals surface area contributed by atoms with Gasteiger partial charge in [0.05, 0.1) is 13.3 Å². The molecule has 0 aliphatic rings. The lowest BCUT2D eigenvalue weighted by molar-refractivity contribution is 0.371. The molecule has 0 spiro atoms. The zero-order valence-electron chi connectivity index (χ0n) is 20.6. The first-order valence-electron chi connectivity index (χ1n) is 11.8. The fourth-order valence-electron chi connectivity index (χ4n) is 3.80. The molecule has 1 atom stereocenters. The van der Waals surface area contributed by atoms with Gasteiger partial charge in [0.2, 0.25) is 0 Å². The van der Waals surface area contributed by atoms with Crippen LogP contribution in [0.15, 0.2) is 66.7 Å². The minimum atomic E-state index is -3.92. The fraction of sp³-hybridized carbons (Fsp3) is 0.310. The van der Waals surface area contributed by atoms with E-state index in [0.717, 1.165) is 28.9 Å². The van der Waals surface area contributed by atoms with Gasteiger partial charge in [-0.25, -0.2) is 0 Å². The van der Waals surface area contributed by atoms with E-state index >= 15 is 0 Å². The highest BCUT2D eigenvalue weighted by Gasteiger charge is 2.12. The van der Waals surface area contributed by atoms with Crippen LogP contribution in [0.4, 0.5) is 0 Å². The summed E-state index contributed by atoms with van der Waals surface area (Å²) < 4.78 is 16.3. The summed E-state index contributed by atoms with van der Waals surface area (Å²) in [5.74, 6) is 7.69. The second-order valence-electron chi connectivity index (χ2n) is 8.84. The van der Waals surface area contributed by atoms with Gasteiger partial charge in [0.15, 0.2) is 0 Å². The molecule has 0 amide bonds. The Kier molecular flexibility index (Phi) is 9.72. The largest absolute Gasteiger partial charge is 0.497 e. The molecule has 3 N–H and O–H groups in total. The summed E-state index contributed by atoms with van der Waals surface area (Å²) in [5.41, 5.74) is 7.01. The Hall–Kier alpha value is -2.87. The maximum atomic E-state index is 10.9. The Morgan fingerprint density at radius 2 is 1.71 bits per heavy atom. The highest BCUT2D eigenvalue weighted by atomic mass is 31.2. The SMILES string of the molecule is COc1cccc(C(C#Cc2ccc(CNCCCP(=O)(O)O)cc2)Cc2ccc(C)c(C)c2)c1. The Morgan fingerprint density at radius 1 is 0.971 bits per heavy atom. The van der Waals surface area contributed by atoms with E-state index in [1.165, 1.54) is 16.7 Å². The van der Waals surface area contributed by atoms with Gasteiger partial charge in [-0.1, -0.05) is 54.3 Å². The minimum Gasteiger partial charge on any atom is -0.497 e. The molecule has 0 aromatic heterocycles. The number of hydrogen-bond acceptors (Lipinski definition) is 3. The van der Waals surface area contributed by atoms with Crippen molar-refractivity contribution in [3.63, 3.8) is 0 Å². The number of methoxy groups -OCH3 is 1. The maximum absolute atomic E-state index is 10.9. The molecule has 0 aliphatic heterocycles. The van der Waals surface area contributed by atoms with Gasteiger partial charge < -0.3 is 19.8 Å². The molecule has 0 saturated carbocycles. The third-order valence-electron chi connectivity index (χ3n) is 5.98. The van der Waals surface area contributed by atoms with Crippen molar-refractivity contribution in [2.75, 3.05) is 19.8 Å². The molecule has 184 valence electrons. The van der Waals surface area contributed by atoms with Crippen LogP contribution in [0.3, 0.4) is 0 Å². The van der Waals surface area contributed by atoms with Crippen LogP contribution in [0.1, 0.15) is 45.7 Å². The van der Waals surface area contributed by atoms with E-state index < -0.39 is 7.60 Å². The highest BCUT2D eigenvalue weighted by Crippen LogP contribution is 2.34. The van der Waals surface area contributed by atoms with Crippen LogP contribution in [0, 0.1) is 25.7 Å². The molecular formula is C29H34NO4P. The van der Waals surface area contributed by atoms with Crippen molar-refractivity contribution in [1.82, 2.24) is 5.32 Å². The minimum absolute atomic E-state index is 0.0302. The van der Waals surface area contributed by atoms with Crippen molar-refractivity contribution in [3.05, 3.63) is 100 Å². The number of aryl methyl sites for hydroxylation is 2. The van der Waals surface area contributed by atoms with Gasteiger partial charge in [-0.2, -0.15) is 0 Å². The van der Waals surface area contributed by atoms with Crippen molar-refractivity contribution in [3.8, 4) is 17.6 Å². The molecule has 3 rings (SSSR count). The lowest BCUT2D eigenvalue weighted by Crippen LogP contribution is -2.15. The monoisotopic (exact) mass is 491 g/mol. The normalized spacial score (nSPS) is 12.0. The van der Waals surface area contributed by atoms with Crippen molar-refractivity contribution < 1.29 is 19.1 Å². The van der Waals surface area contributed by atoms with Crippen molar-refractivity contribution in [2.24, 2.45) is 0 Å². The lowest BCUT2D eigenvalue weighted by atomic mass is 9.91. The summed E-state index contributed by atoms with van der Waals surface area (Å²) in [6, 6.07) is 22.8. The number of ether oxygens (including phenoxy) is 1. The van der Waals surface area contributed by atoms with Gasteiger partial charge in [0, 0.05) is 18.0 Å². The first kappa shape index (κ1) is 26.7. The van der Waals surface area contributed by atoms with Crippen LogP contribution in [0.5, 0.6) is 5.75 Å². The third-order valence-corrected chi connectivity index (χ3v) is 6.88. The highest BCUT2D eigenvalue weighted by molar-refractivity contribution is 7.51. The van der Waals surface area contributed by atoms with E-state index in [1.807, 2.05) is 36.4 Å². The van der Waals surface area contributed by atoms with Gasteiger partial charge in [-0.3, -0.25) is 4.57 Å². The number of hydrogen-bond donors (Lipinski definition) is 3. The third kappa shape index (κ3) is 9.02. The van der Waals surface area contributed by atoms with E-state index in [2.05, 4.69) is 61.3 Å². The number of rotatable bonds is 10. The predicted molar refractivity (Wildman–Crippen MR) is 142 cm³/mol. The topological polar surface area (TPSA) is 78.8 Å². The second kappa shape index (κ2) is 12.7. The molecule has 0 aliphatic carbocycles. The van der Waals surface area contributed by atoms with E-state index in [-0.39, 0.29) is 12.1 Å². The molecule has 0 heterocycles. The Balaban J connectivity index is 1.70. The van der Waals surface area contributed by atoms with Crippen LogP contribution in [-0.4, -0.2) is 29.6 Å². The first-order valence-corrected chi connectivity index (χ1v) is 13.6. The molecule has 0 fully saturated rings. The summed E-state index contributed by atoms with van der Waals surface area (Å²) in [4.78, 5) is 17.8. The van der Waals surface area contributed by atoms with Crippen molar-refractivity contribution in [2.45, 2.75) is 39.2 Å². The zero-order valence-corrected chi connectivity index (χ0v) is 21.5. The molecule has 5 nitrogen and oxygen atoms in total. The quantitative estimate of drug-likeness (QED) is 0.203. The summed E-state index contributed by atoms with van der Waals surface area (Å²) in [5, 5.41) is 3.22. The van der Waals surface area contributed by atoms with Crippen LogP contribution in [0.2, 0.25) is 0 Å². The molecule has 1 unspecified atom stereocenters.